The standard InChI is InChI=1S/C25H23FN4O3S/c1-33-21-8-6-20(7-9-21)30-24(32)22(16-23(31)28-19-4-2-18(26)3-5-19)29(25(30)34)15-12-17-10-13-27-14-11-17/h2-11,13-14,22H,12,15-16H2,1H3,(H,28,31)/t22-/m1/s1. The number of nitrogens with one attached hydrogen (secondary N) is 1. The second kappa shape index (κ2) is 10.4. The predicted molar refractivity (Wildman–Crippen MR) is 131 cm³/mol. The van der Waals surface area contributed by atoms with Crippen molar-refractivity contribution in [1.29, 1.82) is 0 Å². The van der Waals surface area contributed by atoms with Gasteiger partial charge in [0.1, 0.15) is 17.6 Å². The molecule has 4 rings (SSSR count). The number of pyridine rings is 1. The van der Waals surface area contributed by atoms with Crippen LogP contribution in [0.1, 0.15) is 12.0 Å². The molecular weight excluding hydrogens is 455 g/mol. The third-order valence-electron chi connectivity index (χ3n) is 5.55. The number of aromatic nitrogens is 1. The smallest absolute Gasteiger partial charge is 0.256 e. The summed E-state index contributed by atoms with van der Waals surface area (Å²) in [4.78, 5) is 33.5. The van der Waals surface area contributed by atoms with Crippen LogP contribution in [0.25, 0.3) is 0 Å². The van der Waals surface area contributed by atoms with Gasteiger partial charge in [-0.2, -0.15) is 0 Å². The van der Waals surface area contributed by atoms with Crippen LogP contribution < -0.4 is 15.0 Å². The van der Waals surface area contributed by atoms with Crippen molar-refractivity contribution >= 4 is 40.5 Å². The third-order valence-corrected chi connectivity index (χ3v) is 5.96. The van der Waals surface area contributed by atoms with Crippen LogP contribution in [0.3, 0.4) is 0 Å². The average molecular weight is 479 g/mol. The van der Waals surface area contributed by atoms with Crippen molar-refractivity contribution in [1.82, 2.24) is 9.88 Å². The minimum Gasteiger partial charge on any atom is -0.497 e. The molecule has 0 aliphatic carbocycles. The summed E-state index contributed by atoms with van der Waals surface area (Å²) in [6, 6.07) is 15.5. The van der Waals surface area contributed by atoms with E-state index in [1.54, 1.807) is 48.7 Å². The number of hydrogen-bond donors (Lipinski definition) is 1. The van der Waals surface area contributed by atoms with Gasteiger partial charge < -0.3 is 15.0 Å². The van der Waals surface area contributed by atoms with Gasteiger partial charge in [0, 0.05) is 24.6 Å². The number of amides is 2. The molecule has 3 aromatic rings. The van der Waals surface area contributed by atoms with E-state index in [1.165, 1.54) is 29.2 Å². The summed E-state index contributed by atoms with van der Waals surface area (Å²) in [5.41, 5.74) is 2.10. The number of thiocarbonyl (C=S) groups is 1. The average Bonchev–Trinajstić information content (AvgIpc) is 3.08. The molecule has 7 nitrogen and oxygen atoms in total. The number of nitrogens with zero attached hydrogens (tertiary/aromatic N) is 3. The highest BCUT2D eigenvalue weighted by atomic mass is 32.1. The zero-order chi connectivity index (χ0) is 24.1. The number of anilines is 2. The second-order valence-corrected chi connectivity index (χ2v) is 8.09. The molecule has 9 heteroatoms. The van der Waals surface area contributed by atoms with Crippen LogP contribution in [-0.2, 0) is 16.0 Å². The van der Waals surface area contributed by atoms with Crippen LogP contribution in [0, 0.1) is 5.82 Å². The third kappa shape index (κ3) is 5.20. The van der Waals surface area contributed by atoms with Crippen molar-refractivity contribution in [3.63, 3.8) is 0 Å². The van der Waals surface area contributed by atoms with E-state index >= 15 is 0 Å². The molecule has 34 heavy (non-hydrogen) atoms. The van der Waals surface area contributed by atoms with Crippen molar-refractivity contribution < 1.29 is 18.7 Å². The van der Waals surface area contributed by atoms with E-state index in [0.29, 0.717) is 35.2 Å². The van der Waals surface area contributed by atoms with E-state index in [1.807, 2.05) is 12.1 Å². The second-order valence-electron chi connectivity index (χ2n) is 7.73. The van der Waals surface area contributed by atoms with Gasteiger partial charge in [-0.05, 0) is 84.9 Å². The Morgan fingerprint density at radius 1 is 1.09 bits per heavy atom. The lowest BCUT2D eigenvalue weighted by atomic mass is 10.1. The normalized spacial score (nSPS) is 15.5. The molecule has 1 N–H and O–H groups in total. The number of benzene rings is 2. The van der Waals surface area contributed by atoms with E-state index in [-0.39, 0.29) is 18.2 Å². The van der Waals surface area contributed by atoms with Crippen molar-refractivity contribution in [3.8, 4) is 5.75 Å². The maximum Gasteiger partial charge on any atom is 0.256 e. The lowest BCUT2D eigenvalue weighted by Gasteiger charge is -2.24. The van der Waals surface area contributed by atoms with E-state index in [9.17, 15) is 14.0 Å². The van der Waals surface area contributed by atoms with Crippen molar-refractivity contribution in [3.05, 3.63) is 84.4 Å². The van der Waals surface area contributed by atoms with Crippen molar-refractivity contribution in [2.24, 2.45) is 0 Å². The van der Waals surface area contributed by atoms with Gasteiger partial charge in [-0.25, -0.2) is 4.39 Å². The quantitative estimate of drug-likeness (QED) is 0.497. The van der Waals surface area contributed by atoms with Crippen LogP contribution in [0.5, 0.6) is 5.75 Å². The molecule has 1 saturated heterocycles. The Balaban J connectivity index is 1.55. The van der Waals surface area contributed by atoms with E-state index in [0.717, 1.165) is 5.56 Å². The van der Waals surface area contributed by atoms with E-state index in [2.05, 4.69) is 10.3 Å². The van der Waals surface area contributed by atoms with Gasteiger partial charge >= 0.3 is 0 Å². The van der Waals surface area contributed by atoms with Crippen LogP contribution in [-0.4, -0.2) is 46.5 Å². The first kappa shape index (κ1) is 23.3. The number of methoxy groups -OCH3 is 1. The van der Waals surface area contributed by atoms with Gasteiger partial charge in [-0.15, -0.1) is 0 Å². The number of hydrogen-bond acceptors (Lipinski definition) is 5. The molecule has 2 amide bonds. The fourth-order valence-electron chi connectivity index (χ4n) is 3.78. The molecule has 2 heterocycles. The van der Waals surface area contributed by atoms with Crippen LogP contribution in [0.2, 0.25) is 0 Å². The van der Waals surface area contributed by atoms with Crippen LogP contribution >= 0.6 is 12.2 Å². The molecule has 0 saturated carbocycles. The van der Waals surface area contributed by atoms with Gasteiger partial charge in [0.15, 0.2) is 5.11 Å². The molecule has 1 aliphatic heterocycles. The summed E-state index contributed by atoms with van der Waals surface area (Å²) < 4.78 is 18.4. The molecule has 1 aromatic heterocycles. The molecule has 1 atom stereocenters. The zero-order valence-electron chi connectivity index (χ0n) is 18.5. The summed E-state index contributed by atoms with van der Waals surface area (Å²) in [6.07, 6.45) is 3.95. The first-order valence-corrected chi connectivity index (χ1v) is 11.1. The minimum absolute atomic E-state index is 0.0979. The summed E-state index contributed by atoms with van der Waals surface area (Å²) in [7, 11) is 1.57. The van der Waals surface area contributed by atoms with Crippen molar-refractivity contribution in [2.75, 3.05) is 23.9 Å². The molecule has 0 spiro atoms. The zero-order valence-corrected chi connectivity index (χ0v) is 19.3. The summed E-state index contributed by atoms with van der Waals surface area (Å²) in [5.74, 6) is -0.379. The summed E-state index contributed by atoms with van der Waals surface area (Å²) in [5, 5.41) is 3.06. The number of carbonyl (C=O) groups excluding carboxylic acids is 2. The fraction of sp³-hybridized carbons (Fsp3) is 0.200. The lowest BCUT2D eigenvalue weighted by molar-refractivity contribution is -0.124. The molecule has 1 fully saturated rings. The highest BCUT2D eigenvalue weighted by Crippen LogP contribution is 2.29. The maximum atomic E-state index is 13.5. The van der Waals surface area contributed by atoms with Crippen LogP contribution in [0.4, 0.5) is 15.8 Å². The van der Waals surface area contributed by atoms with Crippen molar-refractivity contribution in [2.45, 2.75) is 18.9 Å². The number of halogens is 1. The number of carbonyl (C=O) groups is 2. The van der Waals surface area contributed by atoms with Gasteiger partial charge in [0.25, 0.3) is 5.91 Å². The number of rotatable bonds is 8. The SMILES string of the molecule is COc1ccc(N2C(=O)[C@@H](CC(=O)Nc3ccc(F)cc3)N(CCc3ccncc3)C2=S)cc1. The Kier molecular flexibility index (Phi) is 7.12. The Morgan fingerprint density at radius 3 is 2.41 bits per heavy atom. The Hall–Kier alpha value is -3.85. The molecule has 0 radical (unpaired) electrons. The Morgan fingerprint density at radius 2 is 1.76 bits per heavy atom. The lowest BCUT2D eigenvalue weighted by Crippen LogP contribution is -2.39. The Bertz CT molecular complexity index is 1170. The number of ether oxygens (including phenoxy) is 1. The minimum atomic E-state index is -0.767. The first-order valence-electron chi connectivity index (χ1n) is 10.7. The maximum absolute atomic E-state index is 13.5. The topological polar surface area (TPSA) is 74.8 Å². The Labute approximate surface area is 202 Å². The van der Waals surface area contributed by atoms with Gasteiger partial charge in [-0.3, -0.25) is 19.5 Å². The van der Waals surface area contributed by atoms with E-state index in [4.69, 9.17) is 17.0 Å². The van der Waals surface area contributed by atoms with E-state index < -0.39 is 11.9 Å². The molecule has 0 bridgehead atoms. The predicted octanol–water partition coefficient (Wildman–Crippen LogP) is 3.80. The van der Waals surface area contributed by atoms with Gasteiger partial charge in [0.05, 0.1) is 19.2 Å². The van der Waals surface area contributed by atoms with Gasteiger partial charge in [0.2, 0.25) is 5.91 Å². The molecule has 2 aromatic carbocycles. The molecule has 1 aliphatic rings. The molecule has 174 valence electrons. The largest absolute Gasteiger partial charge is 0.497 e. The fourth-order valence-corrected chi connectivity index (χ4v) is 4.19. The monoisotopic (exact) mass is 478 g/mol. The molecule has 0 unspecified atom stereocenters. The molecular formula is C25H23FN4O3S. The summed E-state index contributed by atoms with van der Waals surface area (Å²) >= 11 is 5.69. The van der Waals surface area contributed by atoms with Crippen LogP contribution in [0.15, 0.2) is 73.1 Å². The highest BCUT2D eigenvalue weighted by molar-refractivity contribution is 7.80. The first-order chi connectivity index (χ1) is 16.5. The summed E-state index contributed by atoms with van der Waals surface area (Å²) in [6.45, 7) is 0.454. The highest BCUT2D eigenvalue weighted by Gasteiger charge is 2.43. The van der Waals surface area contributed by atoms with Gasteiger partial charge in [-0.1, -0.05) is 0 Å².